The molecule has 1 aliphatic carbocycles. The van der Waals surface area contributed by atoms with Crippen LogP contribution in [0.5, 0.6) is 11.5 Å². The lowest BCUT2D eigenvalue weighted by atomic mass is 9.86. The molecule has 1 heterocycles. The minimum atomic E-state index is -0.258. The lowest BCUT2D eigenvalue weighted by Crippen LogP contribution is -2.33. The number of carbonyl (C=O) groups excluding carboxylic acids is 2. The Labute approximate surface area is 152 Å². The number of ether oxygens (including phenoxy) is 2. The molecule has 5 heteroatoms. The minimum absolute atomic E-state index is 0.222. The van der Waals surface area contributed by atoms with Gasteiger partial charge in [-0.15, -0.1) is 0 Å². The van der Waals surface area contributed by atoms with E-state index in [1.54, 1.807) is 24.3 Å². The van der Waals surface area contributed by atoms with Gasteiger partial charge in [-0.2, -0.15) is 0 Å². The van der Waals surface area contributed by atoms with E-state index >= 15 is 0 Å². The van der Waals surface area contributed by atoms with E-state index in [-0.39, 0.29) is 25.0 Å². The number of imide groups is 1. The van der Waals surface area contributed by atoms with Gasteiger partial charge < -0.3 is 9.47 Å². The van der Waals surface area contributed by atoms with Crippen LogP contribution < -0.4 is 9.47 Å². The normalized spacial score (nSPS) is 16.4. The summed E-state index contributed by atoms with van der Waals surface area (Å²) in [5.41, 5.74) is 0.924. The summed E-state index contributed by atoms with van der Waals surface area (Å²) in [7, 11) is 0. The van der Waals surface area contributed by atoms with Crippen molar-refractivity contribution in [1.82, 2.24) is 4.90 Å². The fourth-order valence-electron chi connectivity index (χ4n) is 3.22. The first-order valence-corrected chi connectivity index (χ1v) is 9.03. The van der Waals surface area contributed by atoms with Crippen LogP contribution in [0.15, 0.2) is 48.5 Å². The topological polar surface area (TPSA) is 55.8 Å². The molecular formula is C21H21NO4. The standard InChI is InChI=1S/C21H21NO4/c23-20-18-9-1-2-10-19(18)21(24)22(20)11-12-25-16-7-4-8-17(13-16)26-14-15-5-3-6-15/h1-2,4,7-10,13,15H,3,5-6,11-12,14H2. The zero-order valence-corrected chi connectivity index (χ0v) is 14.5. The van der Waals surface area contributed by atoms with E-state index < -0.39 is 0 Å². The quantitative estimate of drug-likeness (QED) is 0.716. The molecule has 0 unspecified atom stereocenters. The third-order valence-corrected chi connectivity index (χ3v) is 4.98. The Kier molecular flexibility index (Phi) is 4.61. The number of carbonyl (C=O) groups is 2. The smallest absolute Gasteiger partial charge is 0.261 e. The Bertz CT molecular complexity index is 793. The van der Waals surface area contributed by atoms with Crippen LogP contribution in [-0.4, -0.2) is 36.5 Å². The Morgan fingerprint density at radius 1 is 0.885 bits per heavy atom. The molecule has 2 aromatic carbocycles. The minimum Gasteiger partial charge on any atom is -0.493 e. The molecule has 0 atom stereocenters. The fraction of sp³-hybridized carbons (Fsp3) is 0.333. The predicted octanol–water partition coefficient (Wildman–Crippen LogP) is 3.54. The SMILES string of the molecule is O=C1c2ccccc2C(=O)N1CCOc1cccc(OCC2CCC2)c1. The van der Waals surface area contributed by atoms with E-state index in [1.165, 1.54) is 24.2 Å². The molecule has 2 aromatic rings. The highest BCUT2D eigenvalue weighted by atomic mass is 16.5. The summed E-state index contributed by atoms with van der Waals surface area (Å²) in [6.07, 6.45) is 3.79. The number of amides is 2. The van der Waals surface area contributed by atoms with E-state index in [4.69, 9.17) is 9.47 Å². The number of hydrogen-bond acceptors (Lipinski definition) is 4. The van der Waals surface area contributed by atoms with E-state index in [0.717, 1.165) is 12.4 Å². The van der Waals surface area contributed by atoms with Crippen molar-refractivity contribution in [3.05, 3.63) is 59.7 Å². The average molecular weight is 351 g/mol. The number of nitrogens with zero attached hydrogens (tertiary/aromatic N) is 1. The Hall–Kier alpha value is -2.82. The predicted molar refractivity (Wildman–Crippen MR) is 96.6 cm³/mol. The molecule has 26 heavy (non-hydrogen) atoms. The zero-order chi connectivity index (χ0) is 17.9. The highest BCUT2D eigenvalue weighted by molar-refractivity contribution is 6.21. The maximum Gasteiger partial charge on any atom is 0.261 e. The van der Waals surface area contributed by atoms with E-state index in [9.17, 15) is 9.59 Å². The molecule has 1 saturated carbocycles. The van der Waals surface area contributed by atoms with Gasteiger partial charge in [0.1, 0.15) is 18.1 Å². The summed E-state index contributed by atoms with van der Waals surface area (Å²) in [4.78, 5) is 25.9. The van der Waals surface area contributed by atoms with Crippen LogP contribution in [0.4, 0.5) is 0 Å². The van der Waals surface area contributed by atoms with Gasteiger partial charge in [0.25, 0.3) is 11.8 Å². The summed E-state index contributed by atoms with van der Waals surface area (Å²) >= 11 is 0. The molecule has 0 N–H and O–H groups in total. The summed E-state index contributed by atoms with van der Waals surface area (Å²) < 4.78 is 11.5. The van der Waals surface area contributed by atoms with Crippen molar-refractivity contribution in [1.29, 1.82) is 0 Å². The maximum atomic E-state index is 12.3. The van der Waals surface area contributed by atoms with Crippen LogP contribution in [0.1, 0.15) is 40.0 Å². The van der Waals surface area contributed by atoms with Crippen LogP contribution in [0.3, 0.4) is 0 Å². The van der Waals surface area contributed by atoms with Crippen molar-refractivity contribution in [2.75, 3.05) is 19.8 Å². The molecule has 0 bridgehead atoms. The molecule has 0 saturated heterocycles. The van der Waals surface area contributed by atoms with Crippen LogP contribution in [0, 0.1) is 5.92 Å². The summed E-state index contributed by atoms with van der Waals surface area (Å²) in [5.74, 6) is 1.62. The van der Waals surface area contributed by atoms with E-state index in [2.05, 4.69) is 0 Å². The van der Waals surface area contributed by atoms with Crippen molar-refractivity contribution < 1.29 is 19.1 Å². The van der Waals surface area contributed by atoms with E-state index in [0.29, 0.717) is 22.8 Å². The lowest BCUT2D eigenvalue weighted by Gasteiger charge is -2.25. The highest BCUT2D eigenvalue weighted by Crippen LogP contribution is 2.28. The molecule has 134 valence electrons. The second-order valence-electron chi connectivity index (χ2n) is 6.74. The first-order chi connectivity index (χ1) is 12.7. The second-order valence-corrected chi connectivity index (χ2v) is 6.74. The fourth-order valence-corrected chi connectivity index (χ4v) is 3.22. The molecule has 0 aromatic heterocycles. The Morgan fingerprint density at radius 2 is 1.54 bits per heavy atom. The van der Waals surface area contributed by atoms with Crippen LogP contribution in [0.25, 0.3) is 0 Å². The van der Waals surface area contributed by atoms with Crippen LogP contribution in [0.2, 0.25) is 0 Å². The monoisotopic (exact) mass is 351 g/mol. The van der Waals surface area contributed by atoms with Crippen molar-refractivity contribution >= 4 is 11.8 Å². The van der Waals surface area contributed by atoms with Gasteiger partial charge in [-0.1, -0.05) is 24.6 Å². The first-order valence-electron chi connectivity index (χ1n) is 9.03. The van der Waals surface area contributed by atoms with Gasteiger partial charge in [-0.3, -0.25) is 14.5 Å². The van der Waals surface area contributed by atoms with Gasteiger partial charge >= 0.3 is 0 Å². The summed E-state index contributed by atoms with van der Waals surface area (Å²) in [6.45, 7) is 1.22. The number of rotatable bonds is 7. The van der Waals surface area contributed by atoms with Gasteiger partial charge in [-0.05, 0) is 43.0 Å². The average Bonchev–Trinajstić information content (AvgIpc) is 2.86. The summed E-state index contributed by atoms with van der Waals surface area (Å²) in [5, 5.41) is 0. The molecular weight excluding hydrogens is 330 g/mol. The van der Waals surface area contributed by atoms with Crippen molar-refractivity contribution in [2.45, 2.75) is 19.3 Å². The molecule has 0 spiro atoms. The maximum absolute atomic E-state index is 12.3. The van der Waals surface area contributed by atoms with Gasteiger partial charge in [0.05, 0.1) is 24.3 Å². The molecule has 4 rings (SSSR count). The van der Waals surface area contributed by atoms with Gasteiger partial charge in [-0.25, -0.2) is 0 Å². The Morgan fingerprint density at radius 3 is 2.15 bits per heavy atom. The van der Waals surface area contributed by atoms with Crippen LogP contribution in [-0.2, 0) is 0 Å². The van der Waals surface area contributed by atoms with Gasteiger partial charge in [0.2, 0.25) is 0 Å². The first kappa shape index (κ1) is 16.6. The molecule has 2 amide bonds. The highest BCUT2D eigenvalue weighted by Gasteiger charge is 2.34. The third-order valence-electron chi connectivity index (χ3n) is 4.98. The lowest BCUT2D eigenvalue weighted by molar-refractivity contribution is 0.0631. The molecule has 0 radical (unpaired) electrons. The van der Waals surface area contributed by atoms with Crippen molar-refractivity contribution in [2.24, 2.45) is 5.92 Å². The molecule has 2 aliphatic rings. The van der Waals surface area contributed by atoms with Gasteiger partial charge in [0, 0.05) is 6.07 Å². The van der Waals surface area contributed by atoms with E-state index in [1.807, 2.05) is 24.3 Å². The van der Waals surface area contributed by atoms with Crippen molar-refractivity contribution in [3.8, 4) is 11.5 Å². The second kappa shape index (κ2) is 7.20. The Balaban J connectivity index is 1.31. The number of benzene rings is 2. The number of fused-ring (bicyclic) bond motifs is 1. The summed E-state index contributed by atoms with van der Waals surface area (Å²) in [6, 6.07) is 14.4. The third kappa shape index (κ3) is 3.29. The zero-order valence-electron chi connectivity index (χ0n) is 14.5. The van der Waals surface area contributed by atoms with Crippen LogP contribution >= 0.6 is 0 Å². The number of hydrogen-bond donors (Lipinski definition) is 0. The largest absolute Gasteiger partial charge is 0.493 e. The molecule has 5 nitrogen and oxygen atoms in total. The molecule has 1 aliphatic heterocycles. The van der Waals surface area contributed by atoms with Gasteiger partial charge in [0.15, 0.2) is 0 Å². The van der Waals surface area contributed by atoms with Crippen molar-refractivity contribution in [3.63, 3.8) is 0 Å². The molecule has 1 fully saturated rings.